The third-order valence-electron chi connectivity index (χ3n) is 4.28. The average Bonchev–Trinajstić information content (AvgIpc) is 2.33. The third kappa shape index (κ3) is 5.83. The fourth-order valence-electron chi connectivity index (χ4n) is 2.51. The summed E-state index contributed by atoms with van der Waals surface area (Å²) in [5.41, 5.74) is -0.717. The molecule has 1 aliphatic carbocycles. The third-order valence-corrected chi connectivity index (χ3v) is 4.28. The second kappa shape index (κ2) is 7.45. The van der Waals surface area contributed by atoms with Crippen LogP contribution in [0.1, 0.15) is 60.3 Å². The molecule has 0 atom stereocenters. The molecule has 1 rings (SSSR count). The predicted octanol–water partition coefficient (Wildman–Crippen LogP) is 2.84. The Bertz CT molecular complexity index is 329. The molecule has 1 fully saturated rings. The van der Waals surface area contributed by atoms with Crippen molar-refractivity contribution in [3.05, 3.63) is 0 Å². The number of nitrogens with one attached hydrogen (secondary N) is 2. The van der Waals surface area contributed by atoms with E-state index < -0.39 is 5.60 Å². The van der Waals surface area contributed by atoms with Crippen LogP contribution >= 0.6 is 0 Å². The van der Waals surface area contributed by atoms with Crippen molar-refractivity contribution in [3.8, 4) is 0 Å². The highest BCUT2D eigenvalue weighted by atomic mass is 16.6. The molecule has 0 aliphatic heterocycles. The second-order valence-electron chi connectivity index (χ2n) is 7.02. The van der Waals surface area contributed by atoms with Crippen molar-refractivity contribution in [2.45, 2.75) is 83.6 Å². The first-order chi connectivity index (χ1) is 9.73. The smallest absolute Gasteiger partial charge is 0.408 e. The number of rotatable bonds is 7. The van der Waals surface area contributed by atoms with Gasteiger partial charge in [-0.15, -0.1) is 0 Å². The van der Waals surface area contributed by atoms with Gasteiger partial charge in [0, 0.05) is 19.7 Å². The van der Waals surface area contributed by atoms with Crippen molar-refractivity contribution in [1.29, 1.82) is 0 Å². The Morgan fingerprint density at radius 2 is 1.76 bits per heavy atom. The zero-order valence-electron chi connectivity index (χ0n) is 14.4. The molecule has 1 amide bonds. The molecule has 0 spiro atoms. The summed E-state index contributed by atoms with van der Waals surface area (Å²) in [5.74, 6) is 0. The van der Waals surface area contributed by atoms with E-state index in [1.165, 1.54) is 0 Å². The van der Waals surface area contributed by atoms with Crippen molar-refractivity contribution in [3.63, 3.8) is 0 Å². The SMILES string of the molecule is CCC(CC)(CNC1CC(OC)C1)NC(=O)OC(C)(C)C. The maximum atomic E-state index is 12.0. The fraction of sp³-hybridized carbons (Fsp3) is 0.938. The first-order valence-corrected chi connectivity index (χ1v) is 8.01. The largest absolute Gasteiger partial charge is 0.444 e. The molecule has 1 saturated carbocycles. The number of carbonyl (C=O) groups is 1. The minimum Gasteiger partial charge on any atom is -0.444 e. The predicted molar refractivity (Wildman–Crippen MR) is 84.5 cm³/mol. The molecule has 0 radical (unpaired) electrons. The molecule has 5 heteroatoms. The number of alkyl carbamates (subject to hydrolysis) is 1. The highest BCUT2D eigenvalue weighted by Gasteiger charge is 2.34. The van der Waals surface area contributed by atoms with Gasteiger partial charge in [0.25, 0.3) is 0 Å². The topological polar surface area (TPSA) is 59.6 Å². The van der Waals surface area contributed by atoms with Crippen molar-refractivity contribution < 1.29 is 14.3 Å². The van der Waals surface area contributed by atoms with E-state index in [2.05, 4.69) is 24.5 Å². The van der Waals surface area contributed by atoms with E-state index in [1.807, 2.05) is 20.8 Å². The van der Waals surface area contributed by atoms with E-state index in [1.54, 1.807) is 7.11 Å². The number of methoxy groups -OCH3 is 1. The molecule has 124 valence electrons. The summed E-state index contributed by atoms with van der Waals surface area (Å²) >= 11 is 0. The van der Waals surface area contributed by atoms with Crippen LogP contribution in [-0.4, -0.2) is 43.0 Å². The van der Waals surface area contributed by atoms with E-state index in [0.717, 1.165) is 32.2 Å². The molecule has 0 aromatic rings. The van der Waals surface area contributed by atoms with Gasteiger partial charge in [-0.25, -0.2) is 4.79 Å². The van der Waals surface area contributed by atoms with Crippen LogP contribution in [0.5, 0.6) is 0 Å². The lowest BCUT2D eigenvalue weighted by atomic mass is 9.87. The van der Waals surface area contributed by atoms with Crippen LogP contribution in [0, 0.1) is 0 Å². The molecule has 5 nitrogen and oxygen atoms in total. The summed E-state index contributed by atoms with van der Waals surface area (Å²) in [5, 5.41) is 6.60. The van der Waals surface area contributed by atoms with E-state index in [4.69, 9.17) is 9.47 Å². The van der Waals surface area contributed by atoms with Gasteiger partial charge in [-0.05, 0) is 46.5 Å². The lowest BCUT2D eigenvalue weighted by Crippen LogP contribution is -2.58. The zero-order valence-corrected chi connectivity index (χ0v) is 14.4. The van der Waals surface area contributed by atoms with Crippen molar-refractivity contribution in [2.75, 3.05) is 13.7 Å². The Labute approximate surface area is 129 Å². The summed E-state index contributed by atoms with van der Waals surface area (Å²) in [4.78, 5) is 12.0. The van der Waals surface area contributed by atoms with E-state index in [9.17, 15) is 4.79 Å². The monoisotopic (exact) mass is 300 g/mol. The van der Waals surface area contributed by atoms with Gasteiger partial charge in [0.2, 0.25) is 0 Å². The molecular weight excluding hydrogens is 268 g/mol. The average molecular weight is 300 g/mol. The van der Waals surface area contributed by atoms with Gasteiger partial charge in [0.15, 0.2) is 0 Å². The second-order valence-corrected chi connectivity index (χ2v) is 7.02. The quantitative estimate of drug-likeness (QED) is 0.759. The first-order valence-electron chi connectivity index (χ1n) is 8.01. The van der Waals surface area contributed by atoms with Gasteiger partial charge in [-0.3, -0.25) is 0 Å². The zero-order chi connectivity index (χ0) is 16.1. The summed E-state index contributed by atoms with van der Waals surface area (Å²) < 4.78 is 10.7. The molecule has 21 heavy (non-hydrogen) atoms. The van der Waals surface area contributed by atoms with Crippen LogP contribution in [-0.2, 0) is 9.47 Å². The van der Waals surface area contributed by atoms with Crippen molar-refractivity contribution in [1.82, 2.24) is 10.6 Å². The van der Waals surface area contributed by atoms with Crippen LogP contribution in [0.2, 0.25) is 0 Å². The number of carbonyl (C=O) groups excluding carboxylic acids is 1. The normalized spacial score (nSPS) is 22.6. The highest BCUT2D eigenvalue weighted by molar-refractivity contribution is 5.68. The van der Waals surface area contributed by atoms with E-state index >= 15 is 0 Å². The molecule has 0 unspecified atom stereocenters. The molecule has 0 aromatic carbocycles. The van der Waals surface area contributed by atoms with Gasteiger partial charge in [-0.2, -0.15) is 0 Å². The van der Waals surface area contributed by atoms with E-state index in [-0.39, 0.29) is 11.6 Å². The standard InChI is InChI=1S/C16H32N2O3/c1-7-16(8-2,18-14(19)21-15(3,4)5)11-17-12-9-13(10-12)20-6/h12-13,17H,7-11H2,1-6H3,(H,18,19). The molecule has 2 N–H and O–H groups in total. The van der Waals surface area contributed by atoms with Gasteiger partial charge >= 0.3 is 6.09 Å². The Kier molecular flexibility index (Phi) is 6.47. The Morgan fingerprint density at radius 3 is 2.19 bits per heavy atom. The number of ether oxygens (including phenoxy) is 2. The number of hydrogen-bond donors (Lipinski definition) is 2. The minimum absolute atomic E-state index is 0.250. The van der Waals surface area contributed by atoms with Crippen molar-refractivity contribution in [2.24, 2.45) is 0 Å². The van der Waals surface area contributed by atoms with Crippen LogP contribution in [0.15, 0.2) is 0 Å². The molecular formula is C16H32N2O3. The molecule has 0 aromatic heterocycles. The van der Waals surface area contributed by atoms with Gasteiger partial charge in [0.05, 0.1) is 11.6 Å². The highest BCUT2D eigenvalue weighted by Crippen LogP contribution is 2.24. The lowest BCUT2D eigenvalue weighted by Gasteiger charge is -2.40. The lowest BCUT2D eigenvalue weighted by molar-refractivity contribution is 0.0137. The molecule has 0 bridgehead atoms. The summed E-state index contributed by atoms with van der Waals surface area (Å²) in [7, 11) is 1.76. The number of amides is 1. The Morgan fingerprint density at radius 1 is 1.19 bits per heavy atom. The summed E-state index contributed by atoms with van der Waals surface area (Å²) in [6, 6.07) is 0.493. The van der Waals surface area contributed by atoms with Gasteiger partial charge < -0.3 is 20.1 Å². The maximum Gasteiger partial charge on any atom is 0.408 e. The van der Waals surface area contributed by atoms with Crippen LogP contribution in [0.25, 0.3) is 0 Å². The van der Waals surface area contributed by atoms with Crippen LogP contribution < -0.4 is 10.6 Å². The van der Waals surface area contributed by atoms with Gasteiger partial charge in [-0.1, -0.05) is 13.8 Å². The fourth-order valence-corrected chi connectivity index (χ4v) is 2.51. The van der Waals surface area contributed by atoms with E-state index in [0.29, 0.717) is 12.1 Å². The minimum atomic E-state index is -0.468. The molecule has 0 heterocycles. The molecule has 0 saturated heterocycles. The van der Waals surface area contributed by atoms with Crippen LogP contribution in [0.3, 0.4) is 0 Å². The first kappa shape index (κ1) is 18.2. The van der Waals surface area contributed by atoms with Crippen molar-refractivity contribution >= 4 is 6.09 Å². The molecule has 1 aliphatic rings. The van der Waals surface area contributed by atoms with Crippen LogP contribution in [0.4, 0.5) is 4.79 Å². The van der Waals surface area contributed by atoms with Gasteiger partial charge in [0.1, 0.15) is 5.60 Å². The number of hydrogen-bond acceptors (Lipinski definition) is 4. The Hall–Kier alpha value is -0.810. The summed E-state index contributed by atoms with van der Waals surface area (Å²) in [6.45, 7) is 10.6. The summed E-state index contributed by atoms with van der Waals surface area (Å²) in [6.07, 6.45) is 3.89. The maximum absolute atomic E-state index is 12.0. The Balaban J connectivity index is 2.47.